The molecule has 0 aliphatic heterocycles. The van der Waals surface area contributed by atoms with Gasteiger partial charge in [0, 0.05) is 0 Å². The standard InChI is InChI=1S/C19H30O3/c1-12(2)17(21)22-11-13-9-14(18(3,4)5)16(20)15(10-13)19(6,7)8/h9-10,12,20H,11H2,1-8H3. The molecule has 0 amide bonds. The van der Waals surface area contributed by atoms with Gasteiger partial charge in [-0.05, 0) is 39.7 Å². The Morgan fingerprint density at radius 2 is 1.45 bits per heavy atom. The van der Waals surface area contributed by atoms with Crippen LogP contribution >= 0.6 is 0 Å². The van der Waals surface area contributed by atoms with E-state index in [9.17, 15) is 9.90 Å². The van der Waals surface area contributed by atoms with Crippen molar-refractivity contribution in [3.63, 3.8) is 0 Å². The summed E-state index contributed by atoms with van der Waals surface area (Å²) < 4.78 is 5.34. The van der Waals surface area contributed by atoms with E-state index < -0.39 is 0 Å². The van der Waals surface area contributed by atoms with E-state index in [0.29, 0.717) is 5.75 Å². The molecule has 0 aromatic heterocycles. The Kier molecular flexibility index (Phi) is 5.32. The SMILES string of the molecule is CC(C)C(=O)OCc1cc(C(C)(C)C)c(O)c(C(C)(C)C)c1. The van der Waals surface area contributed by atoms with Gasteiger partial charge in [-0.25, -0.2) is 0 Å². The molecule has 0 fully saturated rings. The molecule has 0 radical (unpaired) electrons. The van der Waals surface area contributed by atoms with Crippen molar-refractivity contribution < 1.29 is 14.6 Å². The molecule has 1 aromatic carbocycles. The van der Waals surface area contributed by atoms with Crippen LogP contribution in [0.2, 0.25) is 0 Å². The first-order valence-corrected chi connectivity index (χ1v) is 7.87. The number of hydrogen-bond acceptors (Lipinski definition) is 3. The minimum atomic E-state index is -0.206. The van der Waals surface area contributed by atoms with Gasteiger partial charge in [0.25, 0.3) is 0 Å². The molecule has 0 saturated heterocycles. The summed E-state index contributed by atoms with van der Waals surface area (Å²) in [5.74, 6) is 0.00270. The number of rotatable bonds is 3. The lowest BCUT2D eigenvalue weighted by Gasteiger charge is -2.28. The summed E-state index contributed by atoms with van der Waals surface area (Å²) in [5, 5.41) is 10.6. The molecule has 22 heavy (non-hydrogen) atoms. The maximum Gasteiger partial charge on any atom is 0.308 e. The van der Waals surface area contributed by atoms with E-state index in [1.54, 1.807) is 0 Å². The summed E-state index contributed by atoms with van der Waals surface area (Å²) in [4.78, 5) is 11.7. The van der Waals surface area contributed by atoms with Crippen molar-refractivity contribution in [2.45, 2.75) is 72.8 Å². The monoisotopic (exact) mass is 306 g/mol. The molecule has 3 nitrogen and oxygen atoms in total. The number of aromatic hydroxyl groups is 1. The van der Waals surface area contributed by atoms with Crippen LogP contribution in [0.4, 0.5) is 0 Å². The number of esters is 1. The molecule has 3 heteroatoms. The van der Waals surface area contributed by atoms with Crippen LogP contribution in [0.15, 0.2) is 12.1 Å². The van der Waals surface area contributed by atoms with Crippen molar-refractivity contribution >= 4 is 5.97 Å². The first kappa shape index (κ1) is 18.5. The van der Waals surface area contributed by atoms with Crippen molar-refractivity contribution in [1.82, 2.24) is 0 Å². The number of ether oxygens (including phenoxy) is 1. The van der Waals surface area contributed by atoms with Gasteiger partial charge in [0.1, 0.15) is 12.4 Å². The van der Waals surface area contributed by atoms with Crippen LogP contribution in [0, 0.1) is 5.92 Å². The first-order chi connectivity index (χ1) is 9.84. The van der Waals surface area contributed by atoms with E-state index >= 15 is 0 Å². The highest BCUT2D eigenvalue weighted by Crippen LogP contribution is 2.39. The lowest BCUT2D eigenvalue weighted by molar-refractivity contribution is -0.148. The van der Waals surface area contributed by atoms with Gasteiger partial charge >= 0.3 is 5.97 Å². The predicted molar refractivity (Wildman–Crippen MR) is 90.1 cm³/mol. The largest absolute Gasteiger partial charge is 0.507 e. The summed E-state index contributed by atoms with van der Waals surface area (Å²) >= 11 is 0. The zero-order chi connectivity index (χ0) is 17.3. The number of carbonyl (C=O) groups excluding carboxylic acids is 1. The third-order valence-electron chi connectivity index (χ3n) is 3.64. The van der Waals surface area contributed by atoms with E-state index in [-0.39, 0.29) is 29.3 Å². The minimum Gasteiger partial charge on any atom is -0.507 e. The maximum absolute atomic E-state index is 11.7. The summed E-state index contributed by atoms with van der Waals surface area (Å²) in [6, 6.07) is 3.89. The summed E-state index contributed by atoms with van der Waals surface area (Å²) in [7, 11) is 0. The van der Waals surface area contributed by atoms with Crippen LogP contribution in [0.3, 0.4) is 0 Å². The second kappa shape index (κ2) is 6.31. The van der Waals surface area contributed by atoms with Crippen LogP contribution in [0.1, 0.15) is 72.1 Å². The van der Waals surface area contributed by atoms with Gasteiger partial charge in [0.05, 0.1) is 5.92 Å². The number of phenols is 1. The number of phenolic OH excluding ortho intramolecular Hbond substituents is 1. The Bertz CT molecular complexity index is 508. The average Bonchev–Trinajstić information content (AvgIpc) is 2.33. The fourth-order valence-electron chi connectivity index (χ4n) is 2.24. The molecule has 0 aliphatic rings. The Hall–Kier alpha value is -1.51. The normalized spacial score (nSPS) is 12.6. The fourth-order valence-corrected chi connectivity index (χ4v) is 2.24. The van der Waals surface area contributed by atoms with Crippen LogP contribution in [0.5, 0.6) is 5.75 Å². The van der Waals surface area contributed by atoms with Crippen molar-refractivity contribution in [1.29, 1.82) is 0 Å². The van der Waals surface area contributed by atoms with Crippen molar-refractivity contribution in [2.24, 2.45) is 5.92 Å². The highest BCUT2D eigenvalue weighted by atomic mass is 16.5. The summed E-state index contributed by atoms with van der Waals surface area (Å²) in [6.07, 6.45) is 0. The fraction of sp³-hybridized carbons (Fsp3) is 0.632. The quantitative estimate of drug-likeness (QED) is 0.824. The molecule has 0 atom stereocenters. The van der Waals surface area contributed by atoms with Gasteiger partial charge in [-0.3, -0.25) is 4.79 Å². The van der Waals surface area contributed by atoms with E-state index in [1.807, 2.05) is 26.0 Å². The van der Waals surface area contributed by atoms with Crippen LogP contribution in [0.25, 0.3) is 0 Å². The number of benzene rings is 1. The Balaban J connectivity index is 3.27. The van der Waals surface area contributed by atoms with Gasteiger partial charge in [-0.15, -0.1) is 0 Å². The molecule has 124 valence electrons. The van der Waals surface area contributed by atoms with E-state index in [1.165, 1.54) is 0 Å². The third kappa shape index (κ3) is 4.49. The highest BCUT2D eigenvalue weighted by molar-refractivity contribution is 5.71. The molecule has 0 saturated carbocycles. The Labute approximate surface area is 134 Å². The van der Waals surface area contributed by atoms with Crippen LogP contribution in [-0.2, 0) is 27.0 Å². The Morgan fingerprint density at radius 1 is 1.05 bits per heavy atom. The van der Waals surface area contributed by atoms with Gasteiger partial charge in [0.15, 0.2) is 0 Å². The predicted octanol–water partition coefficient (Wildman–Crippen LogP) is 4.69. The molecular formula is C19H30O3. The zero-order valence-corrected chi connectivity index (χ0v) is 15.2. The molecule has 1 N–H and O–H groups in total. The maximum atomic E-state index is 11.7. The Morgan fingerprint density at radius 3 is 1.77 bits per heavy atom. The van der Waals surface area contributed by atoms with E-state index in [4.69, 9.17) is 4.74 Å². The number of carbonyl (C=O) groups is 1. The average molecular weight is 306 g/mol. The molecule has 0 heterocycles. The molecular weight excluding hydrogens is 276 g/mol. The highest BCUT2D eigenvalue weighted by Gasteiger charge is 2.26. The molecule has 0 spiro atoms. The van der Waals surface area contributed by atoms with E-state index in [2.05, 4.69) is 41.5 Å². The molecule has 0 aliphatic carbocycles. The molecule has 0 unspecified atom stereocenters. The molecule has 1 aromatic rings. The van der Waals surface area contributed by atoms with Crippen LogP contribution in [-0.4, -0.2) is 11.1 Å². The van der Waals surface area contributed by atoms with E-state index in [0.717, 1.165) is 16.7 Å². The van der Waals surface area contributed by atoms with Crippen molar-refractivity contribution in [2.75, 3.05) is 0 Å². The topological polar surface area (TPSA) is 46.5 Å². The molecule has 1 rings (SSSR count). The van der Waals surface area contributed by atoms with Gasteiger partial charge in [0.2, 0.25) is 0 Å². The van der Waals surface area contributed by atoms with Gasteiger partial charge in [-0.1, -0.05) is 55.4 Å². The lowest BCUT2D eigenvalue weighted by Crippen LogP contribution is -2.18. The second-order valence-corrected chi connectivity index (χ2v) is 8.30. The summed E-state index contributed by atoms with van der Waals surface area (Å²) in [6.45, 7) is 16.3. The van der Waals surface area contributed by atoms with Crippen molar-refractivity contribution in [3.8, 4) is 5.75 Å². The van der Waals surface area contributed by atoms with Crippen LogP contribution < -0.4 is 0 Å². The smallest absolute Gasteiger partial charge is 0.308 e. The van der Waals surface area contributed by atoms with Gasteiger partial charge in [-0.2, -0.15) is 0 Å². The number of hydrogen-bond donors (Lipinski definition) is 1. The molecule has 0 bridgehead atoms. The van der Waals surface area contributed by atoms with Gasteiger partial charge < -0.3 is 9.84 Å². The zero-order valence-electron chi connectivity index (χ0n) is 15.2. The second-order valence-electron chi connectivity index (χ2n) is 8.30. The minimum absolute atomic E-state index is 0.138. The third-order valence-corrected chi connectivity index (χ3v) is 3.64. The van der Waals surface area contributed by atoms with Crippen molar-refractivity contribution in [3.05, 3.63) is 28.8 Å². The summed E-state index contributed by atoms with van der Waals surface area (Å²) in [5.41, 5.74) is 2.33. The first-order valence-electron chi connectivity index (χ1n) is 7.87. The lowest BCUT2D eigenvalue weighted by atomic mass is 9.78.